The van der Waals surface area contributed by atoms with Gasteiger partial charge in [0.1, 0.15) is 0 Å². The molecule has 0 heterocycles. The molecule has 23 heavy (non-hydrogen) atoms. The van der Waals surface area contributed by atoms with Crippen molar-refractivity contribution in [2.24, 2.45) is 0 Å². The number of carbonyl (C=O) groups excluding carboxylic acids is 1. The molecule has 2 aromatic rings. The maximum Gasteiger partial charge on any atom is 0.417 e. The van der Waals surface area contributed by atoms with Gasteiger partial charge in [-0.05, 0) is 36.4 Å². The summed E-state index contributed by atoms with van der Waals surface area (Å²) in [7, 11) is -3.30. The van der Waals surface area contributed by atoms with Crippen molar-refractivity contribution in [1.29, 1.82) is 0 Å². The molecule has 0 aliphatic carbocycles. The fraction of sp³-hybridized carbons (Fsp3) is 0.0714. The molecule has 0 spiro atoms. The van der Waals surface area contributed by atoms with Gasteiger partial charge >= 0.3 is 6.09 Å². The molecule has 1 amide bonds. The van der Waals surface area contributed by atoms with Crippen molar-refractivity contribution in [3.05, 3.63) is 51.5 Å². The summed E-state index contributed by atoms with van der Waals surface area (Å²) in [5, 5.41) is 2.92. The van der Waals surface area contributed by atoms with Crippen LogP contribution in [0.5, 0.6) is 5.75 Å². The number of anilines is 1. The summed E-state index contributed by atoms with van der Waals surface area (Å²) in [6.07, 6.45) is 0.261. The molecule has 0 fully saturated rings. The molecule has 0 aliphatic rings. The average Bonchev–Trinajstić information content (AvgIpc) is 2.42. The minimum Gasteiger partial charge on any atom is -0.407 e. The predicted molar refractivity (Wildman–Crippen MR) is 90.7 cm³/mol. The van der Waals surface area contributed by atoms with Gasteiger partial charge in [-0.1, -0.05) is 34.8 Å². The zero-order valence-electron chi connectivity index (χ0n) is 11.6. The van der Waals surface area contributed by atoms with Gasteiger partial charge in [0.25, 0.3) is 0 Å². The van der Waals surface area contributed by atoms with E-state index in [-0.39, 0.29) is 20.7 Å². The number of benzene rings is 2. The molecule has 122 valence electrons. The molecule has 0 aromatic heterocycles. The van der Waals surface area contributed by atoms with E-state index in [1.54, 1.807) is 0 Å². The Balaban J connectivity index is 2.11. The van der Waals surface area contributed by atoms with Crippen LogP contribution < -0.4 is 10.1 Å². The number of hydrogen-bond donors (Lipinski definition) is 1. The highest BCUT2D eigenvalue weighted by Gasteiger charge is 2.14. The number of halogens is 3. The summed E-state index contributed by atoms with van der Waals surface area (Å²) in [5.74, 6) is -0.0250. The van der Waals surface area contributed by atoms with Crippen LogP contribution in [0.15, 0.2) is 41.3 Å². The second kappa shape index (κ2) is 6.97. The number of carbonyl (C=O) groups is 1. The van der Waals surface area contributed by atoms with E-state index in [2.05, 4.69) is 5.32 Å². The van der Waals surface area contributed by atoms with Gasteiger partial charge in [-0.3, -0.25) is 5.32 Å². The normalized spacial score (nSPS) is 11.1. The standard InChI is InChI=1S/C14H10Cl3NO4S/c1-23(20,21)10-4-2-9(3-5-10)18-14(19)22-13-11(16)6-8(15)7-12(13)17/h2-7H,1H3,(H,18,19). The highest BCUT2D eigenvalue weighted by Crippen LogP contribution is 2.36. The molecule has 0 radical (unpaired) electrons. The van der Waals surface area contributed by atoms with Crippen LogP contribution in [0.2, 0.25) is 15.1 Å². The van der Waals surface area contributed by atoms with E-state index < -0.39 is 15.9 Å². The lowest BCUT2D eigenvalue weighted by atomic mass is 10.3. The van der Waals surface area contributed by atoms with Crippen molar-refractivity contribution >= 4 is 56.4 Å². The van der Waals surface area contributed by atoms with Gasteiger partial charge in [-0.15, -0.1) is 0 Å². The predicted octanol–water partition coefficient (Wildman–Crippen LogP) is 4.66. The zero-order chi connectivity index (χ0) is 17.2. The first-order valence-electron chi connectivity index (χ1n) is 6.10. The van der Waals surface area contributed by atoms with E-state index in [4.69, 9.17) is 39.5 Å². The van der Waals surface area contributed by atoms with Crippen LogP contribution in [0.1, 0.15) is 0 Å². The Hall–Kier alpha value is -1.47. The molecule has 0 bridgehead atoms. The molecule has 0 saturated carbocycles. The van der Waals surface area contributed by atoms with Crippen molar-refractivity contribution < 1.29 is 17.9 Å². The van der Waals surface area contributed by atoms with Gasteiger partial charge < -0.3 is 4.74 Å². The number of ether oxygens (including phenoxy) is 1. The van der Waals surface area contributed by atoms with Crippen molar-refractivity contribution in [2.75, 3.05) is 11.6 Å². The van der Waals surface area contributed by atoms with Gasteiger partial charge in [-0.25, -0.2) is 13.2 Å². The lowest BCUT2D eigenvalue weighted by Crippen LogP contribution is -2.17. The van der Waals surface area contributed by atoms with Crippen LogP contribution in [0.3, 0.4) is 0 Å². The zero-order valence-corrected chi connectivity index (χ0v) is 14.7. The van der Waals surface area contributed by atoms with Crippen molar-refractivity contribution in [3.8, 4) is 5.75 Å². The maximum atomic E-state index is 11.9. The Morgan fingerprint density at radius 3 is 2.04 bits per heavy atom. The summed E-state index contributed by atoms with van der Waals surface area (Å²) in [4.78, 5) is 12.0. The molecule has 0 unspecified atom stereocenters. The second-order valence-electron chi connectivity index (χ2n) is 4.51. The van der Waals surface area contributed by atoms with Crippen LogP contribution in [0.4, 0.5) is 10.5 Å². The van der Waals surface area contributed by atoms with Gasteiger partial charge in [0.05, 0.1) is 14.9 Å². The average molecular weight is 395 g/mol. The van der Waals surface area contributed by atoms with Crippen molar-refractivity contribution in [3.63, 3.8) is 0 Å². The third-order valence-electron chi connectivity index (χ3n) is 2.69. The van der Waals surface area contributed by atoms with E-state index in [1.807, 2.05) is 0 Å². The summed E-state index contributed by atoms with van der Waals surface area (Å²) in [6, 6.07) is 8.38. The van der Waals surface area contributed by atoms with E-state index in [1.165, 1.54) is 36.4 Å². The molecular weight excluding hydrogens is 385 g/mol. The fourth-order valence-electron chi connectivity index (χ4n) is 1.65. The molecule has 5 nitrogen and oxygen atoms in total. The summed E-state index contributed by atoms with van der Waals surface area (Å²) < 4.78 is 27.8. The molecule has 0 atom stereocenters. The van der Waals surface area contributed by atoms with Crippen LogP contribution >= 0.6 is 34.8 Å². The minimum atomic E-state index is -3.30. The highest BCUT2D eigenvalue weighted by molar-refractivity contribution is 7.90. The molecule has 0 aliphatic heterocycles. The molecule has 1 N–H and O–H groups in total. The van der Waals surface area contributed by atoms with Crippen LogP contribution in [0.25, 0.3) is 0 Å². The Kier molecular flexibility index (Phi) is 5.41. The molecule has 0 saturated heterocycles. The topological polar surface area (TPSA) is 72.5 Å². The SMILES string of the molecule is CS(=O)(=O)c1ccc(NC(=O)Oc2c(Cl)cc(Cl)cc2Cl)cc1. The lowest BCUT2D eigenvalue weighted by molar-refractivity contribution is 0.215. The van der Waals surface area contributed by atoms with Crippen LogP contribution in [0, 0.1) is 0 Å². The van der Waals surface area contributed by atoms with E-state index >= 15 is 0 Å². The third-order valence-corrected chi connectivity index (χ3v) is 4.59. The van der Waals surface area contributed by atoms with Crippen molar-refractivity contribution in [2.45, 2.75) is 4.90 Å². The smallest absolute Gasteiger partial charge is 0.407 e. The maximum absolute atomic E-state index is 11.9. The van der Waals surface area contributed by atoms with Gasteiger partial charge in [-0.2, -0.15) is 0 Å². The van der Waals surface area contributed by atoms with Crippen molar-refractivity contribution in [1.82, 2.24) is 0 Å². The lowest BCUT2D eigenvalue weighted by Gasteiger charge is -2.10. The van der Waals surface area contributed by atoms with Gasteiger partial charge in [0, 0.05) is 17.0 Å². The van der Waals surface area contributed by atoms with E-state index in [0.29, 0.717) is 10.7 Å². The van der Waals surface area contributed by atoms with Crippen LogP contribution in [-0.4, -0.2) is 20.8 Å². The number of rotatable bonds is 3. The molecule has 9 heteroatoms. The van der Waals surface area contributed by atoms with Gasteiger partial charge in [0.2, 0.25) is 0 Å². The summed E-state index contributed by atoms with van der Waals surface area (Å²) in [5.41, 5.74) is 0.351. The first-order valence-corrected chi connectivity index (χ1v) is 9.13. The Morgan fingerprint density at radius 1 is 1.04 bits per heavy atom. The Bertz CT molecular complexity index is 828. The first kappa shape index (κ1) is 17.9. The monoisotopic (exact) mass is 393 g/mol. The van der Waals surface area contributed by atoms with Gasteiger partial charge in [0.15, 0.2) is 15.6 Å². The fourth-order valence-corrected chi connectivity index (χ4v) is 3.17. The van der Waals surface area contributed by atoms with E-state index in [9.17, 15) is 13.2 Å². The number of nitrogens with one attached hydrogen (secondary N) is 1. The molecule has 2 rings (SSSR count). The van der Waals surface area contributed by atoms with E-state index in [0.717, 1.165) is 6.26 Å². The Morgan fingerprint density at radius 2 is 1.57 bits per heavy atom. The molecular formula is C14H10Cl3NO4S. The number of hydrogen-bond acceptors (Lipinski definition) is 4. The number of sulfone groups is 1. The summed E-state index contributed by atoms with van der Waals surface area (Å²) in [6.45, 7) is 0. The molecule has 2 aromatic carbocycles. The highest BCUT2D eigenvalue weighted by atomic mass is 35.5. The summed E-state index contributed by atoms with van der Waals surface area (Å²) >= 11 is 17.6. The largest absolute Gasteiger partial charge is 0.417 e. The minimum absolute atomic E-state index is 0.0250. The quantitative estimate of drug-likeness (QED) is 0.821. The number of amides is 1. The second-order valence-corrected chi connectivity index (χ2v) is 7.78. The van der Waals surface area contributed by atoms with Crippen LogP contribution in [-0.2, 0) is 9.84 Å². The first-order chi connectivity index (χ1) is 10.7. The third kappa shape index (κ3) is 4.75. The Labute approximate surface area is 148 Å².